The third kappa shape index (κ3) is 4.57. The van der Waals surface area contributed by atoms with Crippen LogP contribution in [0.5, 0.6) is 0 Å². The maximum atomic E-state index is 11.2. The van der Waals surface area contributed by atoms with Crippen molar-refractivity contribution in [2.24, 2.45) is 31.8 Å². The zero-order chi connectivity index (χ0) is 18.8. The zero-order valence-electron chi connectivity index (χ0n) is 14.6. The minimum Gasteiger partial charge on any atom is -0.211 e. The molecule has 0 heterocycles. The van der Waals surface area contributed by atoms with Crippen molar-refractivity contribution >= 4 is 24.3 Å². The molecule has 0 unspecified atom stereocenters. The Labute approximate surface area is 151 Å². The lowest BCUT2D eigenvalue weighted by Gasteiger charge is -2.45. The van der Waals surface area contributed by atoms with E-state index in [0.717, 1.165) is 25.7 Å². The molecule has 0 saturated heterocycles. The zero-order valence-corrected chi connectivity index (χ0v) is 14.6. The van der Waals surface area contributed by atoms with Crippen LogP contribution in [0.4, 0.5) is 0 Å². The van der Waals surface area contributed by atoms with E-state index in [0.29, 0.717) is 25.7 Å². The van der Waals surface area contributed by atoms with E-state index in [1.165, 1.54) is 0 Å². The summed E-state index contributed by atoms with van der Waals surface area (Å²) in [6.45, 7) is 0.101. The summed E-state index contributed by atoms with van der Waals surface area (Å²) < 4.78 is 0. The molecule has 0 N–H and O–H groups in total. The van der Waals surface area contributed by atoms with Gasteiger partial charge in [-0.1, -0.05) is 0 Å². The number of rotatable bonds is 7. The van der Waals surface area contributed by atoms with Gasteiger partial charge in [-0.3, -0.25) is 0 Å². The van der Waals surface area contributed by atoms with Gasteiger partial charge in [0, 0.05) is 0 Å². The Bertz CT molecular complexity index is 629. The van der Waals surface area contributed by atoms with Crippen LogP contribution in [0.15, 0.2) is 20.0 Å². The van der Waals surface area contributed by atoms with E-state index < -0.39 is 5.54 Å². The highest BCUT2D eigenvalue weighted by Gasteiger charge is 2.47. The molecule has 0 aromatic heterocycles. The van der Waals surface area contributed by atoms with Gasteiger partial charge in [0.1, 0.15) is 0 Å². The van der Waals surface area contributed by atoms with Gasteiger partial charge in [-0.25, -0.2) is 34.2 Å². The highest BCUT2D eigenvalue weighted by Crippen LogP contribution is 2.46. The van der Waals surface area contributed by atoms with E-state index in [1.54, 1.807) is 24.3 Å². The van der Waals surface area contributed by atoms with Gasteiger partial charge < -0.3 is 0 Å². The summed E-state index contributed by atoms with van der Waals surface area (Å²) in [5.41, 5.74) is -0.801. The predicted molar refractivity (Wildman–Crippen MR) is 91.6 cm³/mol. The molecule has 0 aliphatic heterocycles. The van der Waals surface area contributed by atoms with Crippen molar-refractivity contribution in [1.82, 2.24) is 0 Å². The summed E-state index contributed by atoms with van der Waals surface area (Å²) in [7, 11) is 0. The summed E-state index contributed by atoms with van der Waals surface area (Å²) in [4.78, 5) is 58.5. The minimum atomic E-state index is -0.801. The average Bonchev–Trinajstić information content (AvgIpc) is 2.67. The number of hydrogen-bond acceptors (Lipinski definition) is 8. The summed E-state index contributed by atoms with van der Waals surface area (Å²) in [5, 5.41) is 0. The van der Waals surface area contributed by atoms with Crippen molar-refractivity contribution < 1.29 is 19.2 Å². The first-order chi connectivity index (χ1) is 12.7. The fourth-order valence-electron chi connectivity index (χ4n) is 4.61. The molecule has 0 radical (unpaired) electrons. The fraction of sp³-hybridized carbons (Fsp3) is 0.778. The van der Waals surface area contributed by atoms with Gasteiger partial charge >= 0.3 is 0 Å². The van der Waals surface area contributed by atoms with Gasteiger partial charge in [0.2, 0.25) is 24.3 Å². The van der Waals surface area contributed by atoms with Crippen LogP contribution in [0.1, 0.15) is 51.4 Å². The fourth-order valence-corrected chi connectivity index (χ4v) is 4.61. The molecule has 0 aromatic carbocycles. The molecule has 26 heavy (non-hydrogen) atoms. The van der Waals surface area contributed by atoms with Crippen LogP contribution in [0.3, 0.4) is 0 Å². The van der Waals surface area contributed by atoms with Gasteiger partial charge in [0.15, 0.2) is 0 Å². The first kappa shape index (κ1) is 19.8. The molecule has 2 rings (SSSR count). The molecule has 2 aliphatic carbocycles. The Morgan fingerprint density at radius 3 is 1.46 bits per heavy atom. The summed E-state index contributed by atoms with van der Waals surface area (Å²) in [5.74, 6) is 0.102. The molecule has 2 fully saturated rings. The smallest absolute Gasteiger partial charge is 0.211 e. The van der Waals surface area contributed by atoms with Gasteiger partial charge in [0.25, 0.3) is 0 Å². The minimum absolute atomic E-state index is 0.0473. The van der Waals surface area contributed by atoms with Gasteiger partial charge in [-0.2, -0.15) is 4.99 Å². The van der Waals surface area contributed by atoms with Crippen LogP contribution in [-0.4, -0.2) is 48.5 Å². The van der Waals surface area contributed by atoms with E-state index in [-0.39, 0.29) is 30.5 Å². The Morgan fingerprint density at radius 2 is 1.12 bits per heavy atom. The first-order valence-corrected chi connectivity index (χ1v) is 8.96. The molecule has 8 heteroatoms. The second kappa shape index (κ2) is 9.86. The van der Waals surface area contributed by atoms with Crippen LogP contribution in [0.25, 0.3) is 0 Å². The van der Waals surface area contributed by atoms with Crippen molar-refractivity contribution in [3.05, 3.63) is 0 Å². The predicted octanol–water partition coefficient (Wildman–Crippen LogP) is 2.19. The lowest BCUT2D eigenvalue weighted by Crippen LogP contribution is -2.49. The van der Waals surface area contributed by atoms with E-state index in [4.69, 9.17) is 0 Å². The van der Waals surface area contributed by atoms with Gasteiger partial charge in [-0.05, 0) is 63.2 Å². The third-order valence-corrected chi connectivity index (χ3v) is 5.93. The van der Waals surface area contributed by atoms with E-state index in [9.17, 15) is 19.2 Å². The number of isocyanates is 4. The van der Waals surface area contributed by atoms with Crippen molar-refractivity contribution in [3.8, 4) is 0 Å². The van der Waals surface area contributed by atoms with E-state index >= 15 is 0 Å². The van der Waals surface area contributed by atoms with Gasteiger partial charge in [-0.15, -0.1) is 0 Å². The number of hydrogen-bond donors (Lipinski definition) is 0. The molecule has 0 spiro atoms. The number of aliphatic imine (C=N–C) groups is 4. The standard InChI is InChI=1S/C18H22N4O4/c23-10-19-9-18(22-13-26,14-1-5-16(6-2-14)20-11-24)15-3-7-17(8-4-15)21-12-25/h14-17H,1-9H2. The molecular weight excluding hydrogens is 336 g/mol. The lowest BCUT2D eigenvalue weighted by molar-refractivity contribution is 0.106. The van der Waals surface area contributed by atoms with Crippen molar-refractivity contribution in [2.75, 3.05) is 6.54 Å². The molecule has 2 saturated carbocycles. The molecule has 0 atom stereocenters. The maximum Gasteiger partial charge on any atom is 0.235 e. The van der Waals surface area contributed by atoms with Crippen LogP contribution in [0, 0.1) is 11.8 Å². The summed E-state index contributed by atoms with van der Waals surface area (Å²) in [6, 6.07) is -0.0946. The maximum absolute atomic E-state index is 11.2. The van der Waals surface area contributed by atoms with Crippen LogP contribution >= 0.6 is 0 Å². The summed E-state index contributed by atoms with van der Waals surface area (Å²) in [6.07, 6.45) is 12.3. The second-order valence-corrected chi connectivity index (χ2v) is 7.05. The number of nitrogens with zero attached hydrogens (tertiary/aromatic N) is 4. The van der Waals surface area contributed by atoms with Crippen LogP contribution in [-0.2, 0) is 19.2 Å². The Morgan fingerprint density at radius 1 is 0.654 bits per heavy atom. The largest absolute Gasteiger partial charge is 0.235 e. The molecule has 8 nitrogen and oxygen atoms in total. The van der Waals surface area contributed by atoms with Crippen LogP contribution in [0.2, 0.25) is 0 Å². The first-order valence-electron chi connectivity index (χ1n) is 8.96. The molecule has 0 bridgehead atoms. The highest BCUT2D eigenvalue weighted by atomic mass is 16.1. The molecular formula is C18H22N4O4. The summed E-state index contributed by atoms with van der Waals surface area (Å²) >= 11 is 0. The van der Waals surface area contributed by atoms with Crippen molar-refractivity contribution in [1.29, 1.82) is 0 Å². The Balaban J connectivity index is 2.24. The third-order valence-electron chi connectivity index (χ3n) is 5.93. The normalized spacial score (nSPS) is 30.3. The highest BCUT2D eigenvalue weighted by molar-refractivity contribution is 5.38. The molecule has 2 aliphatic rings. The Kier molecular flexibility index (Phi) is 7.53. The van der Waals surface area contributed by atoms with E-state index in [2.05, 4.69) is 20.0 Å². The van der Waals surface area contributed by atoms with Crippen molar-refractivity contribution in [2.45, 2.75) is 69.0 Å². The van der Waals surface area contributed by atoms with Crippen molar-refractivity contribution in [3.63, 3.8) is 0 Å². The topological polar surface area (TPSA) is 118 Å². The quantitative estimate of drug-likeness (QED) is 0.512. The number of carbonyl (C=O) groups excluding carboxylic acids is 4. The SMILES string of the molecule is O=C=NCC(N=C=O)(C1CCC(N=C=O)CC1)C1CCC(N=C=O)CC1. The molecule has 0 amide bonds. The Hall–Kier alpha value is -2.48. The lowest BCUT2D eigenvalue weighted by atomic mass is 9.63. The van der Waals surface area contributed by atoms with Crippen LogP contribution < -0.4 is 0 Å². The monoisotopic (exact) mass is 358 g/mol. The second-order valence-electron chi connectivity index (χ2n) is 7.05. The molecule has 138 valence electrons. The van der Waals surface area contributed by atoms with E-state index in [1.807, 2.05) is 0 Å². The average molecular weight is 358 g/mol. The van der Waals surface area contributed by atoms with Gasteiger partial charge in [0.05, 0.1) is 24.2 Å². The molecule has 0 aromatic rings.